The number of aromatic hydroxyl groups is 1. The number of ether oxygens (including phenoxy) is 1. The molecule has 3 heterocycles. The van der Waals surface area contributed by atoms with Gasteiger partial charge in [-0.1, -0.05) is 23.9 Å². The molecule has 2 atom stereocenters. The molecule has 7 nitrogen and oxygen atoms in total. The molecule has 1 amide bonds. The third kappa shape index (κ3) is 4.54. The molecule has 0 radical (unpaired) electrons. The normalized spacial score (nSPS) is 19.9. The number of rotatable bonds is 6. The van der Waals surface area contributed by atoms with Crippen molar-refractivity contribution >= 4 is 23.4 Å². The van der Waals surface area contributed by atoms with E-state index < -0.39 is 0 Å². The number of phenolic OH excluding ortho intramolecular Hbond substituents is 1. The van der Waals surface area contributed by atoms with Crippen LogP contribution in [0.1, 0.15) is 31.7 Å². The summed E-state index contributed by atoms with van der Waals surface area (Å²) in [6, 6.07) is 11.7. The van der Waals surface area contributed by atoms with Gasteiger partial charge < -0.3 is 14.7 Å². The number of phenols is 1. The molecular formula is C25H27FN4O3S. The molecular weight excluding hydrogens is 455 g/mol. The summed E-state index contributed by atoms with van der Waals surface area (Å²) in [6.45, 7) is 3.30. The van der Waals surface area contributed by atoms with E-state index in [2.05, 4.69) is 10.2 Å². The first-order chi connectivity index (χ1) is 16.5. The topological polar surface area (TPSA) is 80.5 Å². The highest BCUT2D eigenvalue weighted by molar-refractivity contribution is 7.99. The molecule has 0 unspecified atom stereocenters. The summed E-state index contributed by atoms with van der Waals surface area (Å²) in [6.07, 6.45) is 3.54. The van der Waals surface area contributed by atoms with Crippen LogP contribution in [0.2, 0.25) is 0 Å². The maximum atomic E-state index is 13.7. The van der Waals surface area contributed by atoms with Crippen molar-refractivity contribution in [1.82, 2.24) is 14.8 Å². The van der Waals surface area contributed by atoms with E-state index in [0.29, 0.717) is 23.1 Å². The lowest BCUT2D eigenvalue weighted by molar-refractivity contribution is -0.116. The van der Waals surface area contributed by atoms with Crippen LogP contribution in [-0.2, 0) is 22.5 Å². The Morgan fingerprint density at radius 3 is 2.88 bits per heavy atom. The van der Waals surface area contributed by atoms with Crippen molar-refractivity contribution in [3.63, 3.8) is 0 Å². The third-order valence-electron chi connectivity index (χ3n) is 6.44. The molecule has 2 aliphatic heterocycles. The van der Waals surface area contributed by atoms with Crippen LogP contribution in [0.4, 0.5) is 10.1 Å². The second-order valence-corrected chi connectivity index (χ2v) is 9.72. The molecule has 3 aromatic rings. The average molecular weight is 483 g/mol. The minimum atomic E-state index is -0.283. The summed E-state index contributed by atoms with van der Waals surface area (Å²) < 4.78 is 21.5. The number of aryl methyl sites for hydroxylation is 1. The summed E-state index contributed by atoms with van der Waals surface area (Å²) in [5.41, 5.74) is 2.23. The van der Waals surface area contributed by atoms with Crippen LogP contribution in [0.25, 0.3) is 11.4 Å². The minimum Gasteiger partial charge on any atom is -0.507 e. The summed E-state index contributed by atoms with van der Waals surface area (Å²) in [4.78, 5) is 15.1. The Balaban J connectivity index is 1.39. The molecule has 1 N–H and O–H groups in total. The molecule has 1 aromatic heterocycles. The maximum absolute atomic E-state index is 13.7. The van der Waals surface area contributed by atoms with E-state index in [1.807, 2.05) is 17.6 Å². The predicted molar refractivity (Wildman–Crippen MR) is 128 cm³/mol. The Labute approximate surface area is 201 Å². The second-order valence-electron chi connectivity index (χ2n) is 8.78. The monoisotopic (exact) mass is 482 g/mol. The maximum Gasteiger partial charge on any atom is 0.237 e. The van der Waals surface area contributed by atoms with Gasteiger partial charge in [-0.3, -0.25) is 9.36 Å². The number of benzene rings is 2. The van der Waals surface area contributed by atoms with Gasteiger partial charge in [-0.05, 0) is 68.5 Å². The molecule has 2 aliphatic rings. The van der Waals surface area contributed by atoms with Crippen LogP contribution in [0, 0.1) is 5.82 Å². The van der Waals surface area contributed by atoms with E-state index in [1.165, 1.54) is 23.9 Å². The molecule has 0 saturated carbocycles. The fourth-order valence-corrected chi connectivity index (χ4v) is 5.52. The molecule has 9 heteroatoms. The molecule has 5 rings (SSSR count). The number of carbonyl (C=O) groups excluding carboxylic acids is 1. The Hall–Kier alpha value is -2.91. The minimum absolute atomic E-state index is 0.0349. The number of para-hydroxylation sites is 1. The van der Waals surface area contributed by atoms with E-state index in [4.69, 9.17) is 4.74 Å². The van der Waals surface area contributed by atoms with E-state index in [9.17, 15) is 14.3 Å². The van der Waals surface area contributed by atoms with Crippen molar-refractivity contribution in [2.24, 2.45) is 0 Å². The van der Waals surface area contributed by atoms with Crippen LogP contribution in [0.3, 0.4) is 0 Å². The molecule has 0 bridgehead atoms. The molecule has 34 heavy (non-hydrogen) atoms. The highest BCUT2D eigenvalue weighted by atomic mass is 32.2. The van der Waals surface area contributed by atoms with Crippen molar-refractivity contribution in [2.75, 3.05) is 17.3 Å². The van der Waals surface area contributed by atoms with Gasteiger partial charge in [0, 0.05) is 18.3 Å². The molecule has 1 saturated heterocycles. The van der Waals surface area contributed by atoms with Crippen molar-refractivity contribution in [2.45, 2.75) is 56.5 Å². The van der Waals surface area contributed by atoms with Crippen molar-refractivity contribution in [1.29, 1.82) is 0 Å². The average Bonchev–Trinajstić information content (AvgIpc) is 3.48. The highest BCUT2D eigenvalue weighted by Crippen LogP contribution is 2.34. The van der Waals surface area contributed by atoms with Gasteiger partial charge in [0.15, 0.2) is 11.0 Å². The van der Waals surface area contributed by atoms with Gasteiger partial charge >= 0.3 is 0 Å². The Morgan fingerprint density at radius 2 is 2.09 bits per heavy atom. The first kappa shape index (κ1) is 22.9. The fraction of sp³-hybridized carbons (Fsp3) is 0.400. The summed E-state index contributed by atoms with van der Waals surface area (Å²) in [7, 11) is 0. The second kappa shape index (κ2) is 9.76. The number of halogens is 1. The van der Waals surface area contributed by atoms with Gasteiger partial charge in [0.25, 0.3) is 0 Å². The first-order valence-corrected chi connectivity index (χ1v) is 12.6. The lowest BCUT2D eigenvalue weighted by Crippen LogP contribution is -2.43. The fourth-order valence-electron chi connectivity index (χ4n) is 4.71. The summed E-state index contributed by atoms with van der Waals surface area (Å²) >= 11 is 1.32. The highest BCUT2D eigenvalue weighted by Gasteiger charge is 2.29. The molecule has 178 valence electrons. The van der Waals surface area contributed by atoms with Crippen molar-refractivity contribution in [3.05, 3.63) is 53.8 Å². The molecule has 1 fully saturated rings. The number of nitrogens with zero attached hydrogens (tertiary/aromatic N) is 4. The number of fused-ring (bicyclic) bond motifs is 1. The number of aromatic nitrogens is 3. The van der Waals surface area contributed by atoms with Crippen LogP contribution in [-0.4, -0.2) is 50.3 Å². The summed E-state index contributed by atoms with van der Waals surface area (Å²) in [5, 5.41) is 19.7. The van der Waals surface area contributed by atoms with Crippen LogP contribution in [0.15, 0.2) is 47.6 Å². The van der Waals surface area contributed by atoms with Gasteiger partial charge in [0.1, 0.15) is 11.6 Å². The van der Waals surface area contributed by atoms with E-state index in [1.54, 1.807) is 29.2 Å². The van der Waals surface area contributed by atoms with Crippen LogP contribution < -0.4 is 4.90 Å². The third-order valence-corrected chi connectivity index (χ3v) is 7.39. The van der Waals surface area contributed by atoms with Gasteiger partial charge in [-0.15, -0.1) is 10.2 Å². The number of hydrogen-bond acceptors (Lipinski definition) is 6. The zero-order chi connectivity index (χ0) is 23.7. The van der Waals surface area contributed by atoms with Crippen LogP contribution in [0.5, 0.6) is 5.75 Å². The zero-order valence-electron chi connectivity index (χ0n) is 19.0. The Morgan fingerprint density at radius 1 is 1.24 bits per heavy atom. The van der Waals surface area contributed by atoms with Crippen molar-refractivity contribution in [3.8, 4) is 17.1 Å². The predicted octanol–water partition coefficient (Wildman–Crippen LogP) is 4.43. The standard InChI is InChI=1S/C25H27FN4O3S/c1-16-8-9-17-13-18(26)10-11-21(17)30(16)23(32)15-34-25-28-27-24(20-6-2-3-7-22(20)31)29(25)14-19-5-4-12-33-19/h2-3,6-7,10-11,13,16,19,31H,4-5,8-9,12,14-15H2,1H3/t16-,19-/m0/s1. The number of hydrogen-bond donors (Lipinski definition) is 1. The molecule has 2 aromatic carbocycles. The Bertz CT molecular complexity index is 1190. The number of thioether (sulfide) groups is 1. The Kier molecular flexibility index (Phi) is 6.56. The van der Waals surface area contributed by atoms with Crippen LogP contribution >= 0.6 is 11.8 Å². The molecule has 0 aliphatic carbocycles. The van der Waals surface area contributed by atoms with E-state index >= 15 is 0 Å². The number of amides is 1. The largest absolute Gasteiger partial charge is 0.507 e. The van der Waals surface area contributed by atoms with Gasteiger partial charge in [-0.25, -0.2) is 4.39 Å². The van der Waals surface area contributed by atoms with E-state index in [-0.39, 0.29) is 35.4 Å². The number of carbonyl (C=O) groups is 1. The van der Waals surface area contributed by atoms with Gasteiger partial charge in [0.2, 0.25) is 5.91 Å². The smallest absolute Gasteiger partial charge is 0.237 e. The lowest BCUT2D eigenvalue weighted by atomic mass is 9.96. The quantitative estimate of drug-likeness (QED) is 0.524. The summed E-state index contributed by atoms with van der Waals surface area (Å²) in [5.74, 6) is 0.513. The van der Waals surface area contributed by atoms with Gasteiger partial charge in [0.05, 0.1) is 24.0 Å². The SMILES string of the molecule is C[C@H]1CCc2cc(F)ccc2N1C(=O)CSc1nnc(-c2ccccc2O)n1C[C@@H]1CCCO1. The molecule has 0 spiro atoms. The van der Waals surface area contributed by atoms with E-state index in [0.717, 1.165) is 43.5 Å². The van der Waals surface area contributed by atoms with Crippen molar-refractivity contribution < 1.29 is 19.0 Å². The first-order valence-electron chi connectivity index (χ1n) is 11.6. The van der Waals surface area contributed by atoms with Gasteiger partial charge in [-0.2, -0.15) is 0 Å². The zero-order valence-corrected chi connectivity index (χ0v) is 19.8. The lowest BCUT2D eigenvalue weighted by Gasteiger charge is -2.35. The number of anilines is 1.